The molecule has 2 fully saturated rings. The summed E-state index contributed by atoms with van der Waals surface area (Å²) in [7, 11) is 1.74. The summed E-state index contributed by atoms with van der Waals surface area (Å²) in [6, 6.07) is 5.01. The maximum Gasteiger partial charge on any atom is 0.152 e. The summed E-state index contributed by atoms with van der Waals surface area (Å²) in [4.78, 5) is 8.93. The molecule has 1 aliphatic heterocycles. The molecule has 3 heterocycles. The monoisotopic (exact) mass is 507 g/mol. The lowest BCUT2D eigenvalue weighted by molar-refractivity contribution is 0.0699. The van der Waals surface area contributed by atoms with Crippen LogP contribution in [0.1, 0.15) is 38.5 Å². The van der Waals surface area contributed by atoms with Crippen LogP contribution in [-0.2, 0) is 9.47 Å². The van der Waals surface area contributed by atoms with Crippen LogP contribution < -0.4 is 16.0 Å². The number of nitrogens with one attached hydrogen (secondary N) is 3. The molecular weight excluding hydrogens is 473 g/mol. The number of anilines is 2. The van der Waals surface area contributed by atoms with Gasteiger partial charge in [0.2, 0.25) is 0 Å². The molecule has 1 aliphatic carbocycles. The molecule has 34 heavy (non-hydrogen) atoms. The molecule has 0 atom stereocenters. The molecule has 0 amide bonds. The zero-order valence-electron chi connectivity index (χ0n) is 19.8. The van der Waals surface area contributed by atoms with Gasteiger partial charge >= 0.3 is 0 Å². The van der Waals surface area contributed by atoms with Crippen molar-refractivity contribution in [3.05, 3.63) is 34.7 Å². The van der Waals surface area contributed by atoms with Gasteiger partial charge < -0.3 is 25.4 Å². The Balaban J connectivity index is 1.38. The number of rotatable bonds is 10. The maximum absolute atomic E-state index is 6.54. The summed E-state index contributed by atoms with van der Waals surface area (Å²) in [6.45, 7) is 4.16. The van der Waals surface area contributed by atoms with Gasteiger partial charge in [0, 0.05) is 69.0 Å². The lowest BCUT2D eigenvalue weighted by Gasteiger charge is -2.30. The highest BCUT2D eigenvalue weighted by atomic mass is 35.5. The summed E-state index contributed by atoms with van der Waals surface area (Å²) < 4.78 is 10.6. The van der Waals surface area contributed by atoms with Crippen molar-refractivity contribution in [1.82, 2.24) is 15.3 Å². The van der Waals surface area contributed by atoms with Crippen molar-refractivity contribution in [2.24, 2.45) is 5.92 Å². The summed E-state index contributed by atoms with van der Waals surface area (Å²) in [5.41, 5.74) is 2.64. The van der Waals surface area contributed by atoms with Crippen LogP contribution in [0.4, 0.5) is 11.5 Å². The minimum absolute atomic E-state index is 0.405. The Bertz CT molecular complexity index is 918. The Morgan fingerprint density at radius 2 is 1.76 bits per heavy atom. The highest BCUT2D eigenvalue weighted by Crippen LogP contribution is 2.33. The second-order valence-electron chi connectivity index (χ2n) is 9.19. The third-order valence-electron chi connectivity index (χ3n) is 6.75. The van der Waals surface area contributed by atoms with Crippen LogP contribution >= 0.6 is 23.2 Å². The predicted molar refractivity (Wildman–Crippen MR) is 139 cm³/mol. The molecule has 7 nitrogen and oxygen atoms in total. The van der Waals surface area contributed by atoms with Crippen molar-refractivity contribution in [2.45, 2.75) is 50.6 Å². The highest BCUT2D eigenvalue weighted by molar-refractivity contribution is 6.33. The normalized spacial score (nSPS) is 21.4. The fourth-order valence-corrected chi connectivity index (χ4v) is 5.06. The number of halogens is 2. The average molecular weight is 508 g/mol. The van der Waals surface area contributed by atoms with E-state index >= 15 is 0 Å². The Hall–Kier alpha value is -1.64. The van der Waals surface area contributed by atoms with E-state index in [0.29, 0.717) is 28.2 Å². The van der Waals surface area contributed by atoms with E-state index in [4.69, 9.17) is 32.7 Å². The van der Waals surface area contributed by atoms with Crippen LogP contribution in [0, 0.1) is 5.92 Å². The van der Waals surface area contributed by atoms with Gasteiger partial charge in [-0.25, -0.2) is 9.97 Å². The van der Waals surface area contributed by atoms with Gasteiger partial charge in [-0.3, -0.25) is 0 Å². The molecule has 2 aromatic heterocycles. The largest absolute Gasteiger partial charge is 0.383 e. The van der Waals surface area contributed by atoms with Gasteiger partial charge in [-0.05, 0) is 56.6 Å². The second-order valence-corrected chi connectivity index (χ2v) is 9.95. The van der Waals surface area contributed by atoms with E-state index in [0.717, 1.165) is 94.1 Å². The van der Waals surface area contributed by atoms with E-state index in [1.54, 1.807) is 19.5 Å². The third kappa shape index (κ3) is 7.18. The van der Waals surface area contributed by atoms with E-state index in [-0.39, 0.29) is 0 Å². The van der Waals surface area contributed by atoms with Crippen molar-refractivity contribution in [1.29, 1.82) is 0 Å². The van der Waals surface area contributed by atoms with Crippen molar-refractivity contribution in [3.63, 3.8) is 0 Å². The number of methoxy groups -OCH3 is 1. The molecule has 0 unspecified atom stereocenters. The molecule has 4 rings (SSSR count). The molecule has 9 heteroatoms. The lowest BCUT2D eigenvalue weighted by Crippen LogP contribution is -2.38. The molecule has 3 N–H and O–H groups in total. The number of pyridine rings is 2. The summed E-state index contributed by atoms with van der Waals surface area (Å²) in [5.74, 6) is 1.42. The molecular formula is C25H35Cl2N5O2. The van der Waals surface area contributed by atoms with E-state index in [1.165, 1.54) is 0 Å². The van der Waals surface area contributed by atoms with Crippen molar-refractivity contribution < 1.29 is 9.47 Å². The molecule has 2 aliphatic rings. The molecule has 0 aromatic carbocycles. The first kappa shape index (κ1) is 25.5. The van der Waals surface area contributed by atoms with Gasteiger partial charge in [0.1, 0.15) is 5.82 Å². The van der Waals surface area contributed by atoms with Gasteiger partial charge in [0.05, 0.1) is 17.3 Å². The first-order chi connectivity index (χ1) is 16.6. The smallest absolute Gasteiger partial charge is 0.152 e. The van der Waals surface area contributed by atoms with E-state index in [9.17, 15) is 0 Å². The van der Waals surface area contributed by atoms with E-state index in [2.05, 4.69) is 25.9 Å². The number of nitrogens with zero attached hydrogens (tertiary/aromatic N) is 2. The predicted octanol–water partition coefficient (Wildman–Crippen LogP) is 5.25. The molecule has 0 radical (unpaired) electrons. The van der Waals surface area contributed by atoms with Crippen LogP contribution in [0.5, 0.6) is 0 Å². The van der Waals surface area contributed by atoms with Crippen LogP contribution in [0.2, 0.25) is 10.2 Å². The quantitative estimate of drug-likeness (QED) is 0.299. The fourth-order valence-electron chi connectivity index (χ4n) is 4.68. The van der Waals surface area contributed by atoms with Crippen LogP contribution in [-0.4, -0.2) is 62.1 Å². The van der Waals surface area contributed by atoms with Gasteiger partial charge in [0.25, 0.3) is 0 Å². The molecule has 2 aromatic rings. The minimum Gasteiger partial charge on any atom is -0.383 e. The number of hydrogen-bond acceptors (Lipinski definition) is 7. The van der Waals surface area contributed by atoms with Crippen molar-refractivity contribution >= 4 is 34.7 Å². The third-order valence-corrected chi connectivity index (χ3v) is 7.35. The molecule has 186 valence electrons. The molecule has 0 spiro atoms. The molecule has 1 saturated heterocycles. The molecule has 0 bridgehead atoms. The lowest BCUT2D eigenvalue weighted by atomic mass is 9.91. The average Bonchev–Trinajstić information content (AvgIpc) is 2.87. The Morgan fingerprint density at radius 3 is 2.53 bits per heavy atom. The van der Waals surface area contributed by atoms with Crippen LogP contribution in [0.15, 0.2) is 24.5 Å². The fraction of sp³-hybridized carbons (Fsp3) is 0.600. The van der Waals surface area contributed by atoms with Crippen LogP contribution in [0.3, 0.4) is 0 Å². The van der Waals surface area contributed by atoms with Gasteiger partial charge in [-0.15, -0.1) is 0 Å². The van der Waals surface area contributed by atoms with Gasteiger partial charge in [0.15, 0.2) is 5.15 Å². The Labute approximate surface area is 212 Å². The maximum atomic E-state index is 6.54. The topological polar surface area (TPSA) is 80.3 Å². The second kappa shape index (κ2) is 12.9. The Kier molecular flexibility index (Phi) is 9.65. The van der Waals surface area contributed by atoms with Gasteiger partial charge in [-0.2, -0.15) is 0 Å². The van der Waals surface area contributed by atoms with Crippen molar-refractivity contribution in [3.8, 4) is 11.1 Å². The standard InChI is InChI=1S/C25H35Cl2N5O2/c1-33-11-8-28-19-2-4-20(5-3-19)32-24-13-21(22(26)16-30-24)18-12-23(25(27)31-15-18)29-14-17-6-9-34-10-7-17/h12-13,15-17,19-20,28-29H,2-11,14H2,1H3,(H,30,32). The zero-order chi connectivity index (χ0) is 23.8. The number of ether oxygens (including phenoxy) is 2. The van der Waals surface area contributed by atoms with Gasteiger partial charge in [-0.1, -0.05) is 23.2 Å². The molecule has 1 saturated carbocycles. The first-order valence-corrected chi connectivity index (χ1v) is 13.0. The van der Waals surface area contributed by atoms with E-state index in [1.807, 2.05) is 12.1 Å². The number of aromatic nitrogens is 2. The Morgan fingerprint density at radius 1 is 1.00 bits per heavy atom. The summed E-state index contributed by atoms with van der Waals surface area (Å²) in [6.07, 6.45) is 10.1. The number of hydrogen-bond donors (Lipinski definition) is 3. The highest BCUT2D eigenvalue weighted by Gasteiger charge is 2.21. The minimum atomic E-state index is 0.405. The summed E-state index contributed by atoms with van der Waals surface area (Å²) in [5, 5.41) is 11.7. The van der Waals surface area contributed by atoms with E-state index < -0.39 is 0 Å². The van der Waals surface area contributed by atoms with Crippen LogP contribution in [0.25, 0.3) is 11.1 Å². The SMILES string of the molecule is COCCNC1CCC(Nc2cc(-c3cnc(Cl)c(NCC4CCOCC4)c3)c(Cl)cn2)CC1. The first-order valence-electron chi connectivity index (χ1n) is 12.2. The summed E-state index contributed by atoms with van der Waals surface area (Å²) >= 11 is 12.9. The van der Waals surface area contributed by atoms with Crippen molar-refractivity contribution in [2.75, 3.05) is 50.7 Å². The zero-order valence-corrected chi connectivity index (χ0v) is 21.3.